The third-order valence-electron chi connectivity index (χ3n) is 6.87. The zero-order valence-electron chi connectivity index (χ0n) is 16.5. The first kappa shape index (κ1) is 18.0. The van der Waals surface area contributed by atoms with E-state index in [-0.39, 0.29) is 5.75 Å². The molecule has 1 atom stereocenters. The molecule has 3 aliphatic rings. The summed E-state index contributed by atoms with van der Waals surface area (Å²) < 4.78 is 32.9. The first-order valence-corrected chi connectivity index (χ1v) is 10.6. The Morgan fingerprint density at radius 2 is 2.00 bits per heavy atom. The largest absolute Gasteiger partial charge is 0.434 e. The summed E-state index contributed by atoms with van der Waals surface area (Å²) in [5.41, 5.74) is 3.29. The lowest BCUT2D eigenvalue weighted by molar-refractivity contribution is -0.0495. The van der Waals surface area contributed by atoms with Gasteiger partial charge in [-0.3, -0.25) is 4.40 Å². The van der Waals surface area contributed by atoms with Crippen LogP contribution >= 0.6 is 0 Å². The van der Waals surface area contributed by atoms with Gasteiger partial charge in [-0.2, -0.15) is 8.78 Å². The number of fused-ring (bicyclic) bond motifs is 1. The molecule has 6 nitrogen and oxygen atoms in total. The van der Waals surface area contributed by atoms with Gasteiger partial charge in [0.2, 0.25) is 5.95 Å². The Hall–Kier alpha value is -2.77. The van der Waals surface area contributed by atoms with Gasteiger partial charge in [0.1, 0.15) is 17.8 Å². The van der Waals surface area contributed by atoms with Crippen molar-refractivity contribution in [1.29, 1.82) is 0 Å². The van der Waals surface area contributed by atoms with E-state index in [1.165, 1.54) is 25.7 Å². The Balaban J connectivity index is 1.36. The van der Waals surface area contributed by atoms with E-state index in [0.29, 0.717) is 40.1 Å². The Kier molecular flexibility index (Phi) is 3.98. The van der Waals surface area contributed by atoms with E-state index >= 15 is 0 Å². The van der Waals surface area contributed by atoms with Gasteiger partial charge in [0.05, 0.1) is 11.7 Å². The van der Waals surface area contributed by atoms with Gasteiger partial charge in [0.25, 0.3) is 0 Å². The van der Waals surface area contributed by atoms with Crippen LogP contribution in [0, 0.1) is 5.41 Å². The summed E-state index contributed by atoms with van der Waals surface area (Å²) in [6.45, 7) is -2.90. The molecule has 1 N–H and O–H groups in total. The molecule has 2 heterocycles. The van der Waals surface area contributed by atoms with Crippen LogP contribution in [0.15, 0.2) is 30.7 Å². The maximum Gasteiger partial charge on any atom is 0.387 e. The second-order valence-electron chi connectivity index (χ2n) is 9.01. The molecular formula is C22H23F2N5O. The van der Waals surface area contributed by atoms with E-state index in [1.54, 1.807) is 18.6 Å². The number of halogens is 2. The van der Waals surface area contributed by atoms with Crippen molar-refractivity contribution in [3.05, 3.63) is 36.3 Å². The first-order valence-electron chi connectivity index (χ1n) is 10.6. The minimum atomic E-state index is -2.90. The molecule has 2 aromatic heterocycles. The highest BCUT2D eigenvalue weighted by Gasteiger charge is 2.48. The van der Waals surface area contributed by atoms with Crippen LogP contribution in [0.2, 0.25) is 0 Å². The molecule has 3 fully saturated rings. The second kappa shape index (κ2) is 6.62. The predicted molar refractivity (Wildman–Crippen MR) is 108 cm³/mol. The van der Waals surface area contributed by atoms with E-state index in [2.05, 4.69) is 20.5 Å². The highest BCUT2D eigenvalue weighted by molar-refractivity contribution is 5.81. The molecule has 3 aliphatic carbocycles. The lowest BCUT2D eigenvalue weighted by atomic mass is 10.0. The van der Waals surface area contributed by atoms with Crippen LogP contribution in [0.3, 0.4) is 0 Å². The molecule has 0 unspecified atom stereocenters. The maximum absolute atomic E-state index is 13.1. The van der Waals surface area contributed by atoms with Crippen LogP contribution < -0.4 is 10.1 Å². The molecule has 3 aromatic rings. The number of nitrogens with one attached hydrogen (secondary N) is 1. The second-order valence-corrected chi connectivity index (χ2v) is 9.01. The lowest BCUT2D eigenvalue weighted by Crippen LogP contribution is -2.19. The van der Waals surface area contributed by atoms with E-state index in [9.17, 15) is 8.78 Å². The van der Waals surface area contributed by atoms with Crippen LogP contribution in [0.4, 0.5) is 14.7 Å². The topological polar surface area (TPSA) is 64.3 Å². The lowest BCUT2D eigenvalue weighted by Gasteiger charge is -2.16. The number of nitrogens with zero attached hydrogens (tertiary/aromatic N) is 4. The zero-order chi connectivity index (χ0) is 20.3. The summed E-state index contributed by atoms with van der Waals surface area (Å²) >= 11 is 0. The fraction of sp³-hybridized carbons (Fsp3) is 0.500. The maximum atomic E-state index is 13.1. The molecule has 6 rings (SSSR count). The molecule has 1 aromatic carbocycles. The van der Waals surface area contributed by atoms with Crippen LogP contribution in [0.25, 0.3) is 16.8 Å². The van der Waals surface area contributed by atoms with Gasteiger partial charge in [-0.25, -0.2) is 4.98 Å². The van der Waals surface area contributed by atoms with Crippen molar-refractivity contribution in [2.24, 2.45) is 5.41 Å². The van der Waals surface area contributed by atoms with Gasteiger partial charge < -0.3 is 10.1 Å². The molecule has 0 bridgehead atoms. The van der Waals surface area contributed by atoms with Crippen molar-refractivity contribution in [3.8, 4) is 17.0 Å². The van der Waals surface area contributed by atoms with Crippen LogP contribution in [-0.4, -0.2) is 32.2 Å². The Bertz CT molecular complexity index is 1110. The number of anilines is 1. The monoisotopic (exact) mass is 411 g/mol. The van der Waals surface area contributed by atoms with E-state index in [0.717, 1.165) is 24.8 Å². The van der Waals surface area contributed by atoms with E-state index < -0.39 is 6.61 Å². The minimum Gasteiger partial charge on any atom is -0.434 e. The highest BCUT2D eigenvalue weighted by atomic mass is 19.3. The van der Waals surface area contributed by atoms with Gasteiger partial charge in [0, 0.05) is 11.6 Å². The average Bonchev–Trinajstić information content (AvgIpc) is 3.61. The summed E-state index contributed by atoms with van der Waals surface area (Å²) in [5, 5.41) is 12.3. The fourth-order valence-electron chi connectivity index (χ4n) is 4.87. The normalized spacial score (nSPS) is 22.2. The standard InChI is InChI=1S/C22H23F2N5O/c23-20(24)30-18-9-14(13-1-2-13)3-4-16(18)19-17-11-25-12-29(17)21(28-27-19)26-15-5-6-22(10-15)7-8-22/h3-4,9,11-13,15,20H,1-2,5-8,10H2,(H,26,28)/t15-/m0/s1. The number of hydrogen-bond donors (Lipinski definition) is 1. The van der Waals surface area contributed by atoms with Crippen LogP contribution in [0.1, 0.15) is 56.4 Å². The van der Waals surface area contributed by atoms with Crippen molar-refractivity contribution in [1.82, 2.24) is 19.6 Å². The third kappa shape index (κ3) is 3.18. The summed E-state index contributed by atoms with van der Waals surface area (Å²) in [7, 11) is 0. The molecule has 1 spiro atoms. The van der Waals surface area contributed by atoms with Gasteiger partial charge in [-0.15, -0.1) is 10.2 Å². The molecule has 30 heavy (non-hydrogen) atoms. The fourth-order valence-corrected chi connectivity index (χ4v) is 4.87. The molecule has 3 saturated carbocycles. The first-order chi connectivity index (χ1) is 14.6. The number of ether oxygens (including phenoxy) is 1. The molecule has 0 saturated heterocycles. The molecule has 0 amide bonds. The minimum absolute atomic E-state index is 0.138. The van der Waals surface area contributed by atoms with Crippen molar-refractivity contribution >= 4 is 11.5 Å². The molecule has 0 radical (unpaired) electrons. The molecule has 8 heteroatoms. The Morgan fingerprint density at radius 1 is 1.13 bits per heavy atom. The number of hydrogen-bond acceptors (Lipinski definition) is 5. The van der Waals surface area contributed by atoms with Crippen molar-refractivity contribution < 1.29 is 13.5 Å². The van der Waals surface area contributed by atoms with Gasteiger partial charge in [-0.05, 0) is 74.0 Å². The SMILES string of the molecule is FC(F)Oc1cc(C2CC2)ccc1-c1nnc(N[C@H]2CCC3(CC3)C2)n2cncc12. The van der Waals surface area contributed by atoms with Crippen LogP contribution in [-0.2, 0) is 0 Å². The van der Waals surface area contributed by atoms with Crippen molar-refractivity contribution in [2.45, 2.75) is 63.5 Å². The number of aromatic nitrogens is 4. The van der Waals surface area contributed by atoms with Crippen molar-refractivity contribution in [3.63, 3.8) is 0 Å². The summed E-state index contributed by atoms with van der Waals surface area (Å²) in [4.78, 5) is 4.26. The van der Waals surface area contributed by atoms with Gasteiger partial charge in [-0.1, -0.05) is 6.07 Å². The number of imidazole rings is 1. The summed E-state index contributed by atoms with van der Waals surface area (Å²) in [6, 6.07) is 5.88. The summed E-state index contributed by atoms with van der Waals surface area (Å²) in [5.74, 6) is 1.21. The average molecular weight is 411 g/mol. The Labute approximate surface area is 172 Å². The van der Waals surface area contributed by atoms with Gasteiger partial charge in [0.15, 0.2) is 0 Å². The molecule has 0 aliphatic heterocycles. The molecular weight excluding hydrogens is 388 g/mol. The quantitative estimate of drug-likeness (QED) is 0.617. The number of alkyl halides is 2. The highest BCUT2D eigenvalue weighted by Crippen LogP contribution is 2.58. The van der Waals surface area contributed by atoms with E-state index in [1.807, 2.05) is 16.5 Å². The smallest absolute Gasteiger partial charge is 0.387 e. The van der Waals surface area contributed by atoms with E-state index in [4.69, 9.17) is 4.74 Å². The Morgan fingerprint density at radius 3 is 2.73 bits per heavy atom. The molecule has 156 valence electrons. The number of rotatable bonds is 6. The predicted octanol–water partition coefficient (Wildman–Crippen LogP) is 5.01. The number of benzene rings is 1. The third-order valence-corrected chi connectivity index (χ3v) is 6.87. The van der Waals surface area contributed by atoms with Gasteiger partial charge >= 0.3 is 6.61 Å². The van der Waals surface area contributed by atoms with Crippen LogP contribution in [0.5, 0.6) is 5.75 Å². The van der Waals surface area contributed by atoms with Crippen molar-refractivity contribution in [2.75, 3.05) is 5.32 Å². The summed E-state index contributed by atoms with van der Waals surface area (Å²) in [6.07, 6.45) is 11.8. The zero-order valence-corrected chi connectivity index (χ0v) is 16.5.